The van der Waals surface area contributed by atoms with E-state index in [0.717, 1.165) is 9.92 Å². The van der Waals surface area contributed by atoms with E-state index in [2.05, 4.69) is 4.98 Å². The first-order valence-corrected chi connectivity index (χ1v) is 5.31. The molecule has 1 aromatic heterocycles. The number of rotatable bonds is 2. The summed E-state index contributed by atoms with van der Waals surface area (Å²) in [6.45, 7) is 0. The summed E-state index contributed by atoms with van der Waals surface area (Å²) in [5.41, 5.74) is 12.6. The Bertz CT molecular complexity index is 457. The van der Waals surface area contributed by atoms with E-state index in [4.69, 9.17) is 11.5 Å². The molecule has 3 nitrogen and oxygen atoms in total. The van der Waals surface area contributed by atoms with Crippen LogP contribution in [0.15, 0.2) is 52.5 Å². The molecule has 0 aliphatic heterocycles. The summed E-state index contributed by atoms with van der Waals surface area (Å²) in [5.74, 6) is 0. The van der Waals surface area contributed by atoms with E-state index in [-0.39, 0.29) is 0 Å². The van der Waals surface area contributed by atoms with E-state index in [1.165, 1.54) is 0 Å². The fraction of sp³-hybridized carbons (Fsp3) is 0. The Morgan fingerprint density at radius 2 is 1.87 bits per heavy atom. The van der Waals surface area contributed by atoms with Gasteiger partial charge in [-0.05, 0) is 30.3 Å². The van der Waals surface area contributed by atoms with Gasteiger partial charge in [-0.25, -0.2) is 4.98 Å². The topological polar surface area (TPSA) is 64.9 Å². The normalized spacial score (nSPS) is 10.1. The Balaban J connectivity index is 2.22. The molecule has 4 N–H and O–H groups in total. The van der Waals surface area contributed by atoms with Gasteiger partial charge in [0.2, 0.25) is 0 Å². The fourth-order valence-corrected chi connectivity index (χ4v) is 1.97. The minimum Gasteiger partial charge on any atom is -0.397 e. The van der Waals surface area contributed by atoms with Crippen molar-refractivity contribution >= 4 is 23.1 Å². The molecule has 2 rings (SSSR count). The number of hydrogen-bond donors (Lipinski definition) is 2. The SMILES string of the molecule is Nc1ccc(Sc2ccccn2)cc1N. The van der Waals surface area contributed by atoms with Gasteiger partial charge in [-0.15, -0.1) is 0 Å². The average molecular weight is 217 g/mol. The first-order chi connectivity index (χ1) is 7.25. The highest BCUT2D eigenvalue weighted by atomic mass is 32.2. The summed E-state index contributed by atoms with van der Waals surface area (Å²) in [4.78, 5) is 5.26. The van der Waals surface area contributed by atoms with E-state index in [0.29, 0.717) is 11.4 Å². The molecule has 1 heterocycles. The second-order valence-electron chi connectivity index (χ2n) is 3.06. The Labute approximate surface area is 92.5 Å². The summed E-state index contributed by atoms with van der Waals surface area (Å²) in [6, 6.07) is 11.4. The van der Waals surface area contributed by atoms with E-state index < -0.39 is 0 Å². The molecular weight excluding hydrogens is 206 g/mol. The number of hydrogen-bond acceptors (Lipinski definition) is 4. The molecule has 15 heavy (non-hydrogen) atoms. The molecule has 0 radical (unpaired) electrons. The molecule has 0 unspecified atom stereocenters. The van der Waals surface area contributed by atoms with Gasteiger partial charge in [0.15, 0.2) is 0 Å². The largest absolute Gasteiger partial charge is 0.397 e. The molecule has 0 aliphatic carbocycles. The van der Waals surface area contributed by atoms with Gasteiger partial charge in [-0.3, -0.25) is 0 Å². The van der Waals surface area contributed by atoms with Crippen LogP contribution in [0.5, 0.6) is 0 Å². The zero-order valence-electron chi connectivity index (χ0n) is 8.05. The molecule has 76 valence electrons. The van der Waals surface area contributed by atoms with Crippen LogP contribution in [0, 0.1) is 0 Å². The molecule has 0 saturated carbocycles. The minimum absolute atomic E-state index is 0.607. The fourth-order valence-electron chi connectivity index (χ4n) is 1.14. The van der Waals surface area contributed by atoms with Crippen LogP contribution in [-0.4, -0.2) is 4.98 Å². The predicted octanol–water partition coefficient (Wildman–Crippen LogP) is 2.40. The van der Waals surface area contributed by atoms with Crippen LogP contribution in [0.25, 0.3) is 0 Å². The van der Waals surface area contributed by atoms with Crippen LogP contribution < -0.4 is 11.5 Å². The van der Waals surface area contributed by atoms with Gasteiger partial charge in [0, 0.05) is 11.1 Å². The zero-order chi connectivity index (χ0) is 10.7. The number of nitrogens with zero attached hydrogens (tertiary/aromatic N) is 1. The molecule has 0 aliphatic rings. The highest BCUT2D eigenvalue weighted by Gasteiger charge is 2.00. The van der Waals surface area contributed by atoms with Crippen LogP contribution >= 0.6 is 11.8 Å². The lowest BCUT2D eigenvalue weighted by Crippen LogP contribution is -1.93. The Morgan fingerprint density at radius 3 is 2.53 bits per heavy atom. The van der Waals surface area contributed by atoms with E-state index in [1.54, 1.807) is 24.0 Å². The first-order valence-electron chi connectivity index (χ1n) is 4.49. The molecule has 2 aromatic rings. The summed E-state index contributed by atoms with van der Waals surface area (Å²) in [7, 11) is 0. The molecule has 0 bridgehead atoms. The van der Waals surface area contributed by atoms with Crippen molar-refractivity contribution in [3.63, 3.8) is 0 Å². The van der Waals surface area contributed by atoms with Crippen molar-refractivity contribution < 1.29 is 0 Å². The summed E-state index contributed by atoms with van der Waals surface area (Å²) in [5, 5.41) is 0.946. The third-order valence-electron chi connectivity index (χ3n) is 1.92. The van der Waals surface area contributed by atoms with Gasteiger partial charge < -0.3 is 11.5 Å². The van der Waals surface area contributed by atoms with Crippen LogP contribution in [-0.2, 0) is 0 Å². The molecule has 0 atom stereocenters. The lowest BCUT2D eigenvalue weighted by Gasteiger charge is -2.03. The van der Waals surface area contributed by atoms with Crippen LogP contribution in [0.3, 0.4) is 0 Å². The average Bonchev–Trinajstić information content (AvgIpc) is 2.25. The number of benzene rings is 1. The first kappa shape index (κ1) is 9.86. The van der Waals surface area contributed by atoms with E-state index in [9.17, 15) is 0 Å². The van der Waals surface area contributed by atoms with Crippen molar-refractivity contribution in [1.82, 2.24) is 4.98 Å². The Morgan fingerprint density at radius 1 is 1.00 bits per heavy atom. The Hall–Kier alpha value is -1.68. The van der Waals surface area contributed by atoms with Gasteiger partial charge >= 0.3 is 0 Å². The molecule has 0 saturated heterocycles. The molecule has 0 fully saturated rings. The van der Waals surface area contributed by atoms with Gasteiger partial charge in [0.1, 0.15) is 5.03 Å². The van der Waals surface area contributed by atoms with Gasteiger partial charge in [-0.2, -0.15) is 0 Å². The standard InChI is InChI=1S/C11H11N3S/c12-9-5-4-8(7-10(9)13)15-11-3-1-2-6-14-11/h1-7H,12-13H2. The number of nitrogens with two attached hydrogens (primary N) is 2. The maximum atomic E-state index is 5.72. The van der Waals surface area contributed by atoms with Gasteiger partial charge in [0.25, 0.3) is 0 Å². The molecule has 4 heteroatoms. The maximum Gasteiger partial charge on any atom is 0.101 e. The van der Waals surface area contributed by atoms with Crippen molar-refractivity contribution in [2.75, 3.05) is 11.5 Å². The number of nitrogen functional groups attached to an aromatic ring is 2. The summed E-state index contributed by atoms with van der Waals surface area (Å²) >= 11 is 1.56. The molecule has 1 aromatic carbocycles. The third-order valence-corrected chi connectivity index (χ3v) is 2.86. The summed E-state index contributed by atoms with van der Waals surface area (Å²) in [6.07, 6.45) is 1.77. The van der Waals surface area contributed by atoms with Crippen molar-refractivity contribution in [3.8, 4) is 0 Å². The lowest BCUT2D eigenvalue weighted by atomic mass is 10.3. The number of pyridine rings is 1. The van der Waals surface area contributed by atoms with Crippen molar-refractivity contribution in [2.45, 2.75) is 9.92 Å². The molecule has 0 amide bonds. The van der Waals surface area contributed by atoms with Crippen molar-refractivity contribution in [1.29, 1.82) is 0 Å². The quantitative estimate of drug-likeness (QED) is 0.758. The van der Waals surface area contributed by atoms with E-state index in [1.807, 2.05) is 30.3 Å². The minimum atomic E-state index is 0.607. The van der Waals surface area contributed by atoms with Gasteiger partial charge in [-0.1, -0.05) is 17.8 Å². The summed E-state index contributed by atoms with van der Waals surface area (Å²) < 4.78 is 0. The van der Waals surface area contributed by atoms with E-state index >= 15 is 0 Å². The lowest BCUT2D eigenvalue weighted by molar-refractivity contribution is 1.13. The van der Waals surface area contributed by atoms with Crippen LogP contribution in [0.1, 0.15) is 0 Å². The number of anilines is 2. The molecule has 0 spiro atoms. The molecular formula is C11H11N3S. The third kappa shape index (κ3) is 2.41. The number of aromatic nitrogens is 1. The zero-order valence-corrected chi connectivity index (χ0v) is 8.87. The monoisotopic (exact) mass is 217 g/mol. The van der Waals surface area contributed by atoms with Crippen molar-refractivity contribution in [2.24, 2.45) is 0 Å². The highest BCUT2D eigenvalue weighted by Crippen LogP contribution is 2.29. The van der Waals surface area contributed by atoms with Crippen molar-refractivity contribution in [3.05, 3.63) is 42.6 Å². The second kappa shape index (κ2) is 4.23. The smallest absolute Gasteiger partial charge is 0.101 e. The maximum absolute atomic E-state index is 5.72. The second-order valence-corrected chi connectivity index (χ2v) is 4.15. The predicted molar refractivity (Wildman–Crippen MR) is 63.6 cm³/mol. The van der Waals surface area contributed by atoms with Gasteiger partial charge in [0.05, 0.1) is 11.4 Å². The van der Waals surface area contributed by atoms with Crippen LogP contribution in [0.4, 0.5) is 11.4 Å². The van der Waals surface area contributed by atoms with Crippen LogP contribution in [0.2, 0.25) is 0 Å². The Kier molecular flexibility index (Phi) is 2.78. The highest BCUT2D eigenvalue weighted by molar-refractivity contribution is 7.99.